The molecular formula is C17H28N2O2. The van der Waals surface area contributed by atoms with E-state index >= 15 is 0 Å². The molecule has 0 aliphatic rings. The molecule has 1 unspecified atom stereocenters. The highest BCUT2D eigenvalue weighted by molar-refractivity contribution is 5.77. The second kappa shape index (κ2) is 9.40. The maximum absolute atomic E-state index is 12.5. The van der Waals surface area contributed by atoms with Gasteiger partial charge in [-0.1, -0.05) is 26.0 Å². The summed E-state index contributed by atoms with van der Waals surface area (Å²) in [5, 5.41) is 0. The van der Waals surface area contributed by atoms with Crippen molar-refractivity contribution in [1.29, 1.82) is 0 Å². The van der Waals surface area contributed by atoms with Crippen LogP contribution in [0.25, 0.3) is 0 Å². The number of nitrogens with two attached hydrogens (primary N) is 1. The predicted octanol–water partition coefficient (Wildman–Crippen LogP) is 2.78. The van der Waals surface area contributed by atoms with Gasteiger partial charge in [0, 0.05) is 25.4 Å². The van der Waals surface area contributed by atoms with Crippen molar-refractivity contribution in [2.75, 3.05) is 26.7 Å². The first-order valence-corrected chi connectivity index (χ1v) is 7.78. The Hall–Kier alpha value is -1.55. The van der Waals surface area contributed by atoms with Gasteiger partial charge in [0.05, 0.1) is 7.11 Å². The minimum Gasteiger partial charge on any atom is -0.497 e. The molecule has 1 atom stereocenters. The lowest BCUT2D eigenvalue weighted by Crippen LogP contribution is -2.34. The average Bonchev–Trinajstić information content (AvgIpc) is 2.52. The van der Waals surface area contributed by atoms with Crippen molar-refractivity contribution >= 4 is 5.91 Å². The van der Waals surface area contributed by atoms with Crippen molar-refractivity contribution in [2.24, 2.45) is 5.73 Å². The van der Waals surface area contributed by atoms with E-state index in [1.54, 1.807) is 7.11 Å². The second-order valence-electron chi connectivity index (χ2n) is 5.29. The third-order valence-corrected chi connectivity index (χ3v) is 3.61. The molecule has 4 heteroatoms. The Morgan fingerprint density at radius 1 is 1.29 bits per heavy atom. The summed E-state index contributed by atoms with van der Waals surface area (Å²) in [5.74, 6) is 1.04. The molecule has 118 valence electrons. The van der Waals surface area contributed by atoms with Crippen LogP contribution in [0.4, 0.5) is 0 Å². The van der Waals surface area contributed by atoms with Crippen LogP contribution >= 0.6 is 0 Å². The van der Waals surface area contributed by atoms with E-state index in [2.05, 4.69) is 13.8 Å². The van der Waals surface area contributed by atoms with Gasteiger partial charge in [0.15, 0.2) is 0 Å². The van der Waals surface area contributed by atoms with E-state index in [9.17, 15) is 4.79 Å². The van der Waals surface area contributed by atoms with Crippen molar-refractivity contribution in [3.63, 3.8) is 0 Å². The van der Waals surface area contributed by atoms with Gasteiger partial charge in [0.1, 0.15) is 5.75 Å². The summed E-state index contributed by atoms with van der Waals surface area (Å²) in [6.07, 6.45) is 2.43. The molecule has 0 heterocycles. The van der Waals surface area contributed by atoms with Crippen LogP contribution in [0, 0.1) is 0 Å². The van der Waals surface area contributed by atoms with Gasteiger partial charge in [0.25, 0.3) is 0 Å². The highest BCUT2D eigenvalue weighted by atomic mass is 16.5. The fourth-order valence-electron chi connectivity index (χ4n) is 2.47. The molecular weight excluding hydrogens is 264 g/mol. The summed E-state index contributed by atoms with van der Waals surface area (Å²) < 4.78 is 5.24. The Morgan fingerprint density at radius 2 is 1.95 bits per heavy atom. The predicted molar refractivity (Wildman–Crippen MR) is 86.6 cm³/mol. The van der Waals surface area contributed by atoms with Gasteiger partial charge in [-0.2, -0.15) is 0 Å². The molecule has 2 N–H and O–H groups in total. The minimum absolute atomic E-state index is 0.0452. The first kappa shape index (κ1) is 17.5. The van der Waals surface area contributed by atoms with Gasteiger partial charge in [-0.15, -0.1) is 0 Å². The van der Waals surface area contributed by atoms with E-state index in [0.717, 1.165) is 37.2 Å². The van der Waals surface area contributed by atoms with Gasteiger partial charge in [-0.25, -0.2) is 0 Å². The average molecular weight is 292 g/mol. The molecule has 0 fully saturated rings. The Bertz CT molecular complexity index is 429. The fraction of sp³-hybridized carbons (Fsp3) is 0.588. The summed E-state index contributed by atoms with van der Waals surface area (Å²) in [6, 6.07) is 7.82. The van der Waals surface area contributed by atoms with Crippen LogP contribution in [0.3, 0.4) is 0 Å². The van der Waals surface area contributed by atoms with E-state index in [1.807, 2.05) is 29.2 Å². The number of hydrogen-bond donors (Lipinski definition) is 1. The zero-order chi connectivity index (χ0) is 15.7. The Balaban J connectivity index is 2.77. The van der Waals surface area contributed by atoms with Crippen molar-refractivity contribution in [3.8, 4) is 5.75 Å². The van der Waals surface area contributed by atoms with E-state index < -0.39 is 0 Å². The number of carbonyl (C=O) groups is 1. The summed E-state index contributed by atoms with van der Waals surface area (Å²) in [6.45, 7) is 6.30. The summed E-state index contributed by atoms with van der Waals surface area (Å²) in [7, 11) is 1.64. The Labute approximate surface area is 128 Å². The summed E-state index contributed by atoms with van der Waals surface area (Å²) >= 11 is 0. The zero-order valence-electron chi connectivity index (χ0n) is 13.5. The molecule has 1 aromatic rings. The summed E-state index contributed by atoms with van der Waals surface area (Å²) in [5.41, 5.74) is 6.95. The molecule has 0 aliphatic heterocycles. The molecule has 0 aliphatic carbocycles. The third kappa shape index (κ3) is 5.38. The van der Waals surface area contributed by atoms with Crippen molar-refractivity contribution in [2.45, 2.75) is 39.0 Å². The molecule has 1 aromatic carbocycles. The molecule has 21 heavy (non-hydrogen) atoms. The van der Waals surface area contributed by atoms with Crippen molar-refractivity contribution in [3.05, 3.63) is 29.8 Å². The van der Waals surface area contributed by atoms with Gasteiger partial charge >= 0.3 is 0 Å². The van der Waals surface area contributed by atoms with Gasteiger partial charge in [0.2, 0.25) is 5.91 Å². The van der Waals surface area contributed by atoms with Crippen molar-refractivity contribution < 1.29 is 9.53 Å². The van der Waals surface area contributed by atoms with Crippen molar-refractivity contribution in [1.82, 2.24) is 4.90 Å². The van der Waals surface area contributed by atoms with Crippen LogP contribution in [0.15, 0.2) is 24.3 Å². The highest BCUT2D eigenvalue weighted by Gasteiger charge is 2.19. The molecule has 1 amide bonds. The van der Waals surface area contributed by atoms with Crippen LogP contribution in [-0.2, 0) is 4.79 Å². The van der Waals surface area contributed by atoms with E-state index in [0.29, 0.717) is 13.0 Å². The quantitative estimate of drug-likeness (QED) is 0.761. The lowest BCUT2D eigenvalue weighted by atomic mass is 9.95. The number of carbonyl (C=O) groups excluding carboxylic acids is 1. The number of hydrogen-bond acceptors (Lipinski definition) is 3. The van der Waals surface area contributed by atoms with E-state index in [4.69, 9.17) is 10.5 Å². The fourth-order valence-corrected chi connectivity index (χ4v) is 2.47. The Morgan fingerprint density at radius 3 is 2.48 bits per heavy atom. The first-order chi connectivity index (χ1) is 10.2. The van der Waals surface area contributed by atoms with Crippen LogP contribution in [0.1, 0.15) is 44.6 Å². The normalized spacial score (nSPS) is 12.0. The monoisotopic (exact) mass is 292 g/mol. The molecule has 0 aromatic heterocycles. The maximum Gasteiger partial charge on any atom is 0.223 e. The van der Waals surface area contributed by atoms with Crippen LogP contribution in [0.2, 0.25) is 0 Å². The van der Waals surface area contributed by atoms with Crippen LogP contribution in [-0.4, -0.2) is 37.6 Å². The molecule has 1 rings (SSSR count). The molecule has 0 saturated heterocycles. The topological polar surface area (TPSA) is 55.6 Å². The Kier molecular flexibility index (Phi) is 7.83. The maximum atomic E-state index is 12.5. The zero-order valence-corrected chi connectivity index (χ0v) is 13.5. The number of methoxy groups -OCH3 is 1. The number of rotatable bonds is 9. The minimum atomic E-state index is 0.0452. The first-order valence-electron chi connectivity index (χ1n) is 7.78. The standard InChI is InChI=1S/C17H28N2O2/c1-4-9-19(10-5-2)17(20)12-15(13-18)14-7-6-8-16(11-14)21-3/h6-8,11,15H,4-5,9-10,12-13,18H2,1-3H3. The van der Waals surface area contributed by atoms with Gasteiger partial charge < -0.3 is 15.4 Å². The van der Waals surface area contributed by atoms with Gasteiger partial charge in [-0.05, 0) is 37.1 Å². The second-order valence-corrected chi connectivity index (χ2v) is 5.29. The van der Waals surface area contributed by atoms with E-state index in [-0.39, 0.29) is 11.8 Å². The molecule has 4 nitrogen and oxygen atoms in total. The molecule has 0 radical (unpaired) electrons. The number of nitrogens with zero attached hydrogens (tertiary/aromatic N) is 1. The lowest BCUT2D eigenvalue weighted by molar-refractivity contribution is -0.131. The number of ether oxygens (including phenoxy) is 1. The van der Waals surface area contributed by atoms with Crippen LogP contribution < -0.4 is 10.5 Å². The number of amides is 1. The SMILES string of the molecule is CCCN(CCC)C(=O)CC(CN)c1cccc(OC)c1. The molecule has 0 saturated carbocycles. The van der Waals surface area contributed by atoms with Crippen LogP contribution in [0.5, 0.6) is 5.75 Å². The summed E-state index contributed by atoms with van der Waals surface area (Å²) in [4.78, 5) is 14.4. The largest absolute Gasteiger partial charge is 0.497 e. The lowest BCUT2D eigenvalue weighted by Gasteiger charge is -2.24. The smallest absolute Gasteiger partial charge is 0.223 e. The van der Waals surface area contributed by atoms with E-state index in [1.165, 1.54) is 0 Å². The highest BCUT2D eigenvalue weighted by Crippen LogP contribution is 2.23. The molecule has 0 spiro atoms. The molecule has 0 bridgehead atoms. The number of benzene rings is 1. The third-order valence-electron chi connectivity index (χ3n) is 3.61. The van der Waals surface area contributed by atoms with Gasteiger partial charge in [-0.3, -0.25) is 4.79 Å².